The first-order chi connectivity index (χ1) is 10.5. The number of rotatable bonds is 3. The second-order valence-electron chi connectivity index (χ2n) is 7.56. The van der Waals surface area contributed by atoms with E-state index < -0.39 is 0 Å². The molecule has 2 aliphatic rings. The third kappa shape index (κ3) is 2.54. The van der Waals surface area contributed by atoms with Crippen molar-refractivity contribution in [3.8, 4) is 0 Å². The van der Waals surface area contributed by atoms with Gasteiger partial charge in [0.1, 0.15) is 0 Å². The van der Waals surface area contributed by atoms with Crippen LogP contribution in [0.3, 0.4) is 0 Å². The molecule has 2 nitrogen and oxygen atoms in total. The molecule has 3 rings (SSSR count). The van der Waals surface area contributed by atoms with Crippen LogP contribution < -0.4 is 0 Å². The summed E-state index contributed by atoms with van der Waals surface area (Å²) in [4.78, 5) is 0. The highest BCUT2D eigenvalue weighted by atomic mass is 28.2. The molecule has 0 N–H and O–H groups in total. The van der Waals surface area contributed by atoms with Gasteiger partial charge >= 0.3 is 1.43 Å². The maximum Gasteiger partial charge on any atom is 1.00 e. The minimum atomic E-state index is -0.0133. The number of hydrogen-bond acceptors (Lipinski definition) is 2. The van der Waals surface area contributed by atoms with Crippen molar-refractivity contribution in [2.75, 3.05) is 13.2 Å². The lowest BCUT2D eigenvalue weighted by atomic mass is 9.67. The van der Waals surface area contributed by atoms with E-state index in [4.69, 9.17) is 9.47 Å². The molecule has 1 aromatic carbocycles. The summed E-state index contributed by atoms with van der Waals surface area (Å²) < 4.78 is 13.0. The monoisotopic (exact) mass is 335 g/mol. The summed E-state index contributed by atoms with van der Waals surface area (Å²) >= 11 is 0. The Morgan fingerprint density at radius 3 is 1.82 bits per heavy atom. The molecule has 4 heteroatoms. The van der Waals surface area contributed by atoms with Crippen LogP contribution in [0.5, 0.6) is 0 Å². The molecule has 1 aromatic rings. The number of hydrogen-bond donors (Lipinski definition) is 0. The number of ether oxygens (including phenoxy) is 2. The Hall–Kier alpha value is -0.426. The third-order valence-electron chi connectivity index (χ3n) is 6.40. The molecule has 122 valence electrons. The van der Waals surface area contributed by atoms with Gasteiger partial charge in [-0.05, 0) is 44.1 Å². The van der Waals surface area contributed by atoms with Gasteiger partial charge in [-0.2, -0.15) is 0 Å². The van der Waals surface area contributed by atoms with E-state index >= 15 is 0 Å². The molecule has 2 aliphatic heterocycles. The average molecular weight is 336 g/mol. The Morgan fingerprint density at radius 1 is 0.909 bits per heavy atom. The van der Waals surface area contributed by atoms with Gasteiger partial charge in [-0.3, -0.25) is 0 Å². The van der Waals surface area contributed by atoms with Crippen LogP contribution in [0.15, 0.2) is 30.3 Å². The normalized spacial score (nSPS) is 36.0. The largest absolute Gasteiger partial charge is 1.00 e. The molecule has 0 bridgehead atoms. The fraction of sp³-hybridized carbons (Fsp3) is 0.667. The van der Waals surface area contributed by atoms with E-state index in [-0.39, 0.29) is 17.3 Å². The Balaban J connectivity index is 0.00000192. The van der Waals surface area contributed by atoms with E-state index in [2.05, 4.69) is 37.3 Å². The van der Waals surface area contributed by atoms with Crippen LogP contribution in [0.25, 0.3) is 0 Å². The van der Waals surface area contributed by atoms with Gasteiger partial charge in [0, 0.05) is 39.1 Å². The summed E-state index contributed by atoms with van der Waals surface area (Å²) in [5.41, 5.74) is 1.41. The van der Waals surface area contributed by atoms with Crippen molar-refractivity contribution in [3.63, 3.8) is 0 Å². The van der Waals surface area contributed by atoms with Crippen LogP contribution in [-0.2, 0) is 14.9 Å². The zero-order chi connectivity index (χ0) is 15.7. The zero-order valence-corrected chi connectivity index (χ0v) is 18.4. The van der Waals surface area contributed by atoms with E-state index in [1.807, 2.05) is 0 Å². The van der Waals surface area contributed by atoms with Gasteiger partial charge in [0.15, 0.2) is 0 Å². The van der Waals surface area contributed by atoms with E-state index in [9.17, 15) is 0 Å². The predicted octanol–water partition coefficient (Wildman–Crippen LogP) is 1.58. The molecule has 22 heavy (non-hydrogen) atoms. The summed E-state index contributed by atoms with van der Waals surface area (Å²) in [5, 5.41) is 0.0113. The molecular weight excluding hydrogens is 304 g/mol. The highest BCUT2D eigenvalue weighted by Gasteiger charge is 2.58. The van der Waals surface area contributed by atoms with E-state index in [1.165, 1.54) is 44.1 Å². The van der Waals surface area contributed by atoms with Crippen LogP contribution in [0.4, 0.5) is 0 Å². The first kappa shape index (κ1) is 16.4. The second-order valence-corrected chi connectivity index (χ2v) is 10.8. The van der Waals surface area contributed by atoms with Crippen LogP contribution in [0, 0.1) is 0 Å². The minimum absolute atomic E-state index is 0. The highest BCUT2D eigenvalue weighted by Crippen LogP contribution is 2.51. The fourth-order valence-corrected chi connectivity index (χ4v) is 7.85. The molecule has 2 unspecified atom stereocenters. The predicted molar refractivity (Wildman–Crippen MR) is 99.9 cm³/mol. The molecule has 0 saturated carbocycles. The van der Waals surface area contributed by atoms with Gasteiger partial charge in [0.25, 0.3) is 0 Å². The van der Waals surface area contributed by atoms with Gasteiger partial charge in [0.05, 0.1) is 10.4 Å². The molecule has 0 aliphatic carbocycles. The Kier molecular flexibility index (Phi) is 4.65. The smallest absolute Gasteiger partial charge is 0.379 e. The average Bonchev–Trinajstić information content (AvgIpc) is 2.56. The minimum Gasteiger partial charge on any atom is -0.379 e. The van der Waals surface area contributed by atoms with Crippen LogP contribution in [0.2, 0.25) is 0 Å². The lowest BCUT2D eigenvalue weighted by Gasteiger charge is -2.58. The molecule has 2 saturated heterocycles. The van der Waals surface area contributed by atoms with Gasteiger partial charge in [-0.1, -0.05) is 37.3 Å². The highest BCUT2D eigenvalue weighted by molar-refractivity contribution is 6.20. The van der Waals surface area contributed by atoms with Gasteiger partial charge in [-0.25, -0.2) is 0 Å². The van der Waals surface area contributed by atoms with Crippen molar-refractivity contribution >= 4 is 20.5 Å². The van der Waals surface area contributed by atoms with E-state index in [1.54, 1.807) is 0 Å². The standard InChI is InChI=1S/C18H30O2Si2/c1-16(15-9-3-2-4-10-15,17(21)11-5-7-13-19-17)18(22)12-6-8-14-20-18/h2-4,9-10H,5-8,11-14H2,1,21-22H3/p+1. The molecule has 0 radical (unpaired) electrons. The Bertz CT molecular complexity index is 473. The molecular formula is C18H31O2Si2+. The zero-order valence-electron chi connectivity index (χ0n) is 15.4. The second kappa shape index (κ2) is 6.23. The Labute approximate surface area is 142 Å². The Morgan fingerprint density at radius 2 is 1.41 bits per heavy atom. The molecule has 2 fully saturated rings. The first-order valence-electron chi connectivity index (χ1n) is 8.85. The van der Waals surface area contributed by atoms with Crippen LogP contribution >= 0.6 is 0 Å². The van der Waals surface area contributed by atoms with Crippen molar-refractivity contribution in [3.05, 3.63) is 35.9 Å². The van der Waals surface area contributed by atoms with Crippen molar-refractivity contribution in [1.82, 2.24) is 0 Å². The molecule has 0 spiro atoms. The van der Waals surface area contributed by atoms with Gasteiger partial charge in [0.2, 0.25) is 0 Å². The summed E-state index contributed by atoms with van der Waals surface area (Å²) in [7, 11) is 2.12. The summed E-state index contributed by atoms with van der Waals surface area (Å²) in [6.45, 7) is 4.28. The summed E-state index contributed by atoms with van der Waals surface area (Å²) in [5.74, 6) is 0. The van der Waals surface area contributed by atoms with Crippen LogP contribution in [-0.4, -0.2) is 44.1 Å². The summed E-state index contributed by atoms with van der Waals surface area (Å²) in [6, 6.07) is 11.1. The van der Waals surface area contributed by atoms with Crippen molar-refractivity contribution < 1.29 is 10.9 Å². The maximum atomic E-state index is 6.51. The summed E-state index contributed by atoms with van der Waals surface area (Å²) in [6.07, 6.45) is 7.40. The molecule has 0 aromatic heterocycles. The lowest BCUT2D eigenvalue weighted by Crippen LogP contribution is -2.67. The molecule has 0 amide bonds. The quantitative estimate of drug-likeness (QED) is 0.781. The lowest BCUT2D eigenvalue weighted by molar-refractivity contribution is -0.150. The van der Waals surface area contributed by atoms with Gasteiger partial charge in [-0.15, -0.1) is 0 Å². The topological polar surface area (TPSA) is 18.5 Å². The number of benzene rings is 1. The van der Waals surface area contributed by atoms with Gasteiger partial charge < -0.3 is 9.47 Å². The molecule has 2 heterocycles. The molecule has 2 atom stereocenters. The first-order valence-corrected chi connectivity index (χ1v) is 10.9. The van der Waals surface area contributed by atoms with E-state index in [0.29, 0.717) is 0 Å². The third-order valence-corrected chi connectivity index (χ3v) is 9.98. The van der Waals surface area contributed by atoms with E-state index in [0.717, 1.165) is 33.7 Å². The fourth-order valence-electron chi connectivity index (χ4n) is 4.60. The van der Waals surface area contributed by atoms with Crippen LogP contribution in [0.1, 0.15) is 52.4 Å². The maximum absolute atomic E-state index is 6.51. The van der Waals surface area contributed by atoms with Crippen molar-refractivity contribution in [1.29, 1.82) is 0 Å². The SMILES string of the molecule is CC(c1ccccc1)(C1([SiH3])CCCCO1)C1([SiH3])CCCCO1.[H+]. The van der Waals surface area contributed by atoms with Crippen molar-refractivity contribution in [2.24, 2.45) is 0 Å². The van der Waals surface area contributed by atoms with Crippen molar-refractivity contribution in [2.45, 2.75) is 61.3 Å².